The molecule has 0 saturated carbocycles. The maximum Gasteiger partial charge on any atom is 0.179 e. The van der Waals surface area contributed by atoms with E-state index in [-0.39, 0.29) is 16.2 Å². The molecule has 0 heterocycles. The Balaban J connectivity index is 2.71. The highest BCUT2D eigenvalue weighted by atomic mass is 32.2. The molecule has 0 atom stereocenters. The lowest BCUT2D eigenvalue weighted by molar-refractivity contribution is 0.297. The van der Waals surface area contributed by atoms with Gasteiger partial charge in [-0.05, 0) is 43.5 Å². The first-order valence-corrected chi connectivity index (χ1v) is 9.06. The van der Waals surface area contributed by atoms with Crippen LogP contribution in [0.1, 0.15) is 45.6 Å². The molecule has 0 fully saturated rings. The van der Waals surface area contributed by atoms with Gasteiger partial charge in [-0.2, -0.15) is 5.26 Å². The molecule has 5 heteroatoms. The first kappa shape index (κ1) is 17.7. The molecule has 0 amide bonds. The van der Waals surface area contributed by atoms with E-state index in [0.29, 0.717) is 12.1 Å². The average molecular weight is 308 g/mol. The maximum absolute atomic E-state index is 12.3. The van der Waals surface area contributed by atoms with Crippen LogP contribution in [0.5, 0.6) is 0 Å². The van der Waals surface area contributed by atoms with Gasteiger partial charge in [-0.25, -0.2) is 8.42 Å². The average Bonchev–Trinajstić information content (AvgIpc) is 2.52. The minimum absolute atomic E-state index is 0.0280. The van der Waals surface area contributed by atoms with E-state index in [4.69, 9.17) is 5.26 Å². The Morgan fingerprint density at radius 1 is 1.10 bits per heavy atom. The van der Waals surface area contributed by atoms with Crippen LogP contribution in [0.25, 0.3) is 0 Å². The maximum atomic E-state index is 12.3. The van der Waals surface area contributed by atoms with Crippen LogP contribution in [0, 0.1) is 11.3 Å². The fourth-order valence-electron chi connectivity index (χ4n) is 2.43. The fraction of sp³-hybridized carbons (Fsp3) is 0.562. The summed E-state index contributed by atoms with van der Waals surface area (Å²) in [7, 11) is -3.30. The Kier molecular flexibility index (Phi) is 6.38. The SMILES string of the molecule is CCC(CC)(CC)NCCS(=O)(=O)c1ccc(C#N)cc1. The zero-order valence-corrected chi connectivity index (χ0v) is 13.8. The van der Waals surface area contributed by atoms with Crippen molar-refractivity contribution in [3.8, 4) is 6.07 Å². The molecule has 0 saturated heterocycles. The first-order valence-electron chi connectivity index (χ1n) is 7.41. The quantitative estimate of drug-likeness (QED) is 0.801. The lowest BCUT2D eigenvalue weighted by Crippen LogP contribution is -2.45. The normalized spacial score (nSPS) is 12.1. The lowest BCUT2D eigenvalue weighted by atomic mass is 9.90. The number of sulfone groups is 1. The van der Waals surface area contributed by atoms with Crippen LogP contribution in [-0.2, 0) is 9.84 Å². The highest BCUT2D eigenvalue weighted by Gasteiger charge is 2.24. The van der Waals surface area contributed by atoms with Crippen LogP contribution in [0.15, 0.2) is 29.2 Å². The van der Waals surface area contributed by atoms with Crippen molar-refractivity contribution in [3.05, 3.63) is 29.8 Å². The van der Waals surface area contributed by atoms with Gasteiger partial charge in [0.05, 0.1) is 22.3 Å². The molecule has 0 spiro atoms. The smallest absolute Gasteiger partial charge is 0.179 e. The topological polar surface area (TPSA) is 70.0 Å². The van der Waals surface area contributed by atoms with E-state index in [1.165, 1.54) is 24.3 Å². The highest BCUT2D eigenvalue weighted by Crippen LogP contribution is 2.19. The van der Waals surface area contributed by atoms with E-state index in [9.17, 15) is 8.42 Å². The van der Waals surface area contributed by atoms with Crippen LogP contribution in [0.2, 0.25) is 0 Å². The largest absolute Gasteiger partial charge is 0.310 e. The molecule has 1 N–H and O–H groups in total. The summed E-state index contributed by atoms with van der Waals surface area (Å²) < 4.78 is 24.5. The summed E-state index contributed by atoms with van der Waals surface area (Å²) in [4.78, 5) is 0.276. The van der Waals surface area contributed by atoms with Gasteiger partial charge in [-0.3, -0.25) is 0 Å². The number of nitriles is 1. The number of hydrogen-bond acceptors (Lipinski definition) is 4. The predicted octanol–water partition coefficient (Wildman–Crippen LogP) is 2.89. The molecule has 0 aromatic heterocycles. The van der Waals surface area contributed by atoms with E-state index in [0.717, 1.165) is 19.3 Å². The summed E-state index contributed by atoms with van der Waals surface area (Å²) in [6, 6.07) is 8.06. The summed E-state index contributed by atoms with van der Waals surface area (Å²) >= 11 is 0. The first-order chi connectivity index (χ1) is 9.93. The molecule has 21 heavy (non-hydrogen) atoms. The van der Waals surface area contributed by atoms with Crippen molar-refractivity contribution in [1.29, 1.82) is 5.26 Å². The molecule has 0 radical (unpaired) electrons. The molecule has 4 nitrogen and oxygen atoms in total. The second kappa shape index (κ2) is 7.58. The van der Waals surface area contributed by atoms with Crippen molar-refractivity contribution in [2.45, 2.75) is 50.5 Å². The third kappa shape index (κ3) is 4.55. The van der Waals surface area contributed by atoms with Gasteiger partial charge in [-0.1, -0.05) is 20.8 Å². The molecule has 0 unspecified atom stereocenters. The molecule has 116 valence electrons. The predicted molar refractivity (Wildman–Crippen MR) is 84.8 cm³/mol. The zero-order chi connectivity index (χ0) is 15.9. The summed E-state index contributed by atoms with van der Waals surface area (Å²) in [5.41, 5.74) is 0.495. The fourth-order valence-corrected chi connectivity index (χ4v) is 3.59. The molecule has 1 aromatic rings. The van der Waals surface area contributed by atoms with Crippen LogP contribution < -0.4 is 5.32 Å². The summed E-state index contributed by atoms with van der Waals surface area (Å²) in [6.45, 7) is 6.80. The van der Waals surface area contributed by atoms with Gasteiger partial charge < -0.3 is 5.32 Å². The van der Waals surface area contributed by atoms with Crippen molar-refractivity contribution >= 4 is 9.84 Å². The number of nitrogens with one attached hydrogen (secondary N) is 1. The minimum Gasteiger partial charge on any atom is -0.310 e. The summed E-state index contributed by atoms with van der Waals surface area (Å²) in [5, 5.41) is 12.1. The number of rotatable bonds is 8. The van der Waals surface area contributed by atoms with Gasteiger partial charge in [0.1, 0.15) is 0 Å². The molecule has 0 aliphatic carbocycles. The van der Waals surface area contributed by atoms with E-state index >= 15 is 0 Å². The van der Waals surface area contributed by atoms with Crippen molar-refractivity contribution in [1.82, 2.24) is 5.32 Å². The second-order valence-electron chi connectivity index (χ2n) is 5.22. The molecule has 0 aliphatic rings. The van der Waals surface area contributed by atoms with Crippen molar-refractivity contribution < 1.29 is 8.42 Å². The molecule has 1 rings (SSSR count). The van der Waals surface area contributed by atoms with E-state index in [1.54, 1.807) is 0 Å². The van der Waals surface area contributed by atoms with Crippen LogP contribution >= 0.6 is 0 Å². The van der Waals surface area contributed by atoms with Gasteiger partial charge in [0, 0.05) is 12.1 Å². The van der Waals surface area contributed by atoms with Crippen LogP contribution in [-0.4, -0.2) is 26.3 Å². The molecular weight excluding hydrogens is 284 g/mol. The van der Waals surface area contributed by atoms with Gasteiger partial charge in [0.25, 0.3) is 0 Å². The second-order valence-corrected chi connectivity index (χ2v) is 7.33. The molecular formula is C16H24N2O2S. The van der Waals surface area contributed by atoms with Gasteiger partial charge in [0.15, 0.2) is 9.84 Å². The standard InChI is InChI=1S/C16H24N2O2S/c1-4-16(5-2,6-3)18-11-12-21(19,20)15-9-7-14(13-17)8-10-15/h7-10,18H,4-6,11-12H2,1-3H3. The van der Waals surface area contributed by atoms with Crippen molar-refractivity contribution in [3.63, 3.8) is 0 Å². The summed E-state index contributed by atoms with van der Waals surface area (Å²) in [5.74, 6) is 0.0701. The Hall–Kier alpha value is -1.38. The zero-order valence-electron chi connectivity index (χ0n) is 13.0. The van der Waals surface area contributed by atoms with Crippen LogP contribution in [0.4, 0.5) is 0 Å². The Morgan fingerprint density at radius 3 is 2.05 bits per heavy atom. The molecule has 0 aliphatic heterocycles. The number of hydrogen-bond donors (Lipinski definition) is 1. The van der Waals surface area contributed by atoms with Gasteiger partial charge in [-0.15, -0.1) is 0 Å². The third-order valence-electron chi connectivity index (χ3n) is 4.24. The lowest BCUT2D eigenvalue weighted by Gasteiger charge is -2.32. The molecule has 0 bridgehead atoms. The monoisotopic (exact) mass is 308 g/mol. The van der Waals surface area contributed by atoms with E-state index in [1.807, 2.05) is 6.07 Å². The molecule has 1 aromatic carbocycles. The number of nitrogens with zero attached hydrogens (tertiary/aromatic N) is 1. The Bertz CT molecular complexity index is 573. The third-order valence-corrected chi connectivity index (χ3v) is 5.98. The number of benzene rings is 1. The van der Waals surface area contributed by atoms with Crippen molar-refractivity contribution in [2.75, 3.05) is 12.3 Å². The van der Waals surface area contributed by atoms with Crippen LogP contribution in [0.3, 0.4) is 0 Å². The van der Waals surface area contributed by atoms with Gasteiger partial charge >= 0.3 is 0 Å². The Labute approximate surface area is 128 Å². The minimum atomic E-state index is -3.30. The van der Waals surface area contributed by atoms with E-state index < -0.39 is 9.84 Å². The van der Waals surface area contributed by atoms with Gasteiger partial charge in [0.2, 0.25) is 0 Å². The summed E-state index contributed by atoms with van der Waals surface area (Å²) in [6.07, 6.45) is 2.95. The highest BCUT2D eigenvalue weighted by molar-refractivity contribution is 7.91. The van der Waals surface area contributed by atoms with E-state index in [2.05, 4.69) is 26.1 Å². The van der Waals surface area contributed by atoms with Crippen molar-refractivity contribution in [2.24, 2.45) is 0 Å². The Morgan fingerprint density at radius 2 is 1.62 bits per heavy atom.